The van der Waals surface area contributed by atoms with Crippen LogP contribution in [0.15, 0.2) is 24.3 Å². The van der Waals surface area contributed by atoms with Gasteiger partial charge in [0.2, 0.25) is 0 Å². The number of nitrogens with zero attached hydrogens (tertiary/aromatic N) is 2. The number of imide groups is 1. The van der Waals surface area contributed by atoms with Crippen LogP contribution < -0.4 is 10.7 Å². The van der Waals surface area contributed by atoms with Crippen molar-refractivity contribution in [3.05, 3.63) is 35.4 Å². The molecule has 0 saturated heterocycles. The van der Waals surface area contributed by atoms with Gasteiger partial charge in [0.15, 0.2) is 5.11 Å². The third-order valence-electron chi connectivity index (χ3n) is 2.85. The summed E-state index contributed by atoms with van der Waals surface area (Å²) >= 11 is 5.07. The zero-order valence-corrected chi connectivity index (χ0v) is 12.2. The van der Waals surface area contributed by atoms with E-state index in [1.54, 1.807) is 24.3 Å². The SMILES string of the molecule is CN(C)CCNC(=S)NN1C(=O)c2ccccc2C1=O. The molecule has 1 aromatic carbocycles. The molecule has 1 heterocycles. The van der Waals surface area contributed by atoms with Gasteiger partial charge in [-0.05, 0) is 38.4 Å². The molecule has 1 aliphatic heterocycles. The van der Waals surface area contributed by atoms with E-state index in [0.717, 1.165) is 11.6 Å². The quantitative estimate of drug-likeness (QED) is 0.611. The maximum atomic E-state index is 12.1. The molecule has 2 rings (SSSR count). The first-order chi connectivity index (χ1) is 9.50. The summed E-state index contributed by atoms with van der Waals surface area (Å²) in [5.74, 6) is -0.773. The fraction of sp³-hybridized carbons (Fsp3) is 0.308. The lowest BCUT2D eigenvalue weighted by atomic mass is 10.1. The first kappa shape index (κ1) is 14.4. The highest BCUT2D eigenvalue weighted by molar-refractivity contribution is 7.80. The van der Waals surface area contributed by atoms with Gasteiger partial charge in [0.05, 0.1) is 11.1 Å². The van der Waals surface area contributed by atoms with E-state index in [-0.39, 0.29) is 16.9 Å². The van der Waals surface area contributed by atoms with Gasteiger partial charge in [-0.15, -0.1) is 0 Å². The molecule has 1 aliphatic rings. The highest BCUT2D eigenvalue weighted by Gasteiger charge is 2.35. The number of carbonyl (C=O) groups is 2. The number of hydrazine groups is 1. The van der Waals surface area contributed by atoms with Crippen LogP contribution in [0.3, 0.4) is 0 Å². The van der Waals surface area contributed by atoms with Crippen LogP contribution in [0.25, 0.3) is 0 Å². The summed E-state index contributed by atoms with van der Waals surface area (Å²) in [5, 5.41) is 4.13. The lowest BCUT2D eigenvalue weighted by molar-refractivity contribution is 0.0611. The Labute approximate surface area is 122 Å². The van der Waals surface area contributed by atoms with E-state index >= 15 is 0 Å². The van der Waals surface area contributed by atoms with Gasteiger partial charge in [-0.3, -0.25) is 15.0 Å². The summed E-state index contributed by atoms with van der Waals surface area (Å²) in [6, 6.07) is 6.70. The summed E-state index contributed by atoms with van der Waals surface area (Å²) in [4.78, 5) is 26.1. The third kappa shape index (κ3) is 2.94. The number of thiocarbonyl (C=S) groups is 1. The Balaban J connectivity index is 1.97. The summed E-state index contributed by atoms with van der Waals surface area (Å²) in [6.07, 6.45) is 0. The Bertz CT molecular complexity index is 524. The second kappa shape index (κ2) is 5.98. The molecule has 0 aliphatic carbocycles. The lowest BCUT2D eigenvalue weighted by Crippen LogP contribution is -2.50. The second-order valence-corrected chi connectivity index (χ2v) is 5.07. The van der Waals surface area contributed by atoms with Gasteiger partial charge in [-0.1, -0.05) is 12.1 Å². The van der Waals surface area contributed by atoms with E-state index in [9.17, 15) is 9.59 Å². The average Bonchev–Trinajstić information content (AvgIpc) is 2.64. The van der Waals surface area contributed by atoms with Crippen molar-refractivity contribution < 1.29 is 9.59 Å². The zero-order chi connectivity index (χ0) is 14.7. The van der Waals surface area contributed by atoms with E-state index in [1.807, 2.05) is 19.0 Å². The molecule has 106 valence electrons. The van der Waals surface area contributed by atoms with Crippen LogP contribution in [0.2, 0.25) is 0 Å². The maximum absolute atomic E-state index is 12.1. The Morgan fingerprint density at radius 2 is 1.75 bits per heavy atom. The van der Waals surface area contributed by atoms with Gasteiger partial charge in [-0.2, -0.15) is 5.01 Å². The Morgan fingerprint density at radius 3 is 2.25 bits per heavy atom. The van der Waals surface area contributed by atoms with Crippen LogP contribution in [-0.4, -0.2) is 54.0 Å². The monoisotopic (exact) mass is 292 g/mol. The number of hydrogen-bond acceptors (Lipinski definition) is 4. The Hall–Kier alpha value is -1.99. The van der Waals surface area contributed by atoms with E-state index in [4.69, 9.17) is 12.2 Å². The molecule has 0 aromatic heterocycles. The molecule has 7 heteroatoms. The molecule has 2 N–H and O–H groups in total. The average molecular weight is 292 g/mol. The number of likely N-dealkylation sites (N-methyl/N-ethyl adjacent to an activating group) is 1. The van der Waals surface area contributed by atoms with Crippen molar-refractivity contribution in [2.75, 3.05) is 27.2 Å². The fourth-order valence-corrected chi connectivity index (χ4v) is 2.02. The van der Waals surface area contributed by atoms with Crippen LogP contribution in [0.4, 0.5) is 0 Å². The van der Waals surface area contributed by atoms with E-state index in [2.05, 4.69) is 10.7 Å². The summed E-state index contributed by atoms with van der Waals surface area (Å²) in [7, 11) is 3.89. The second-order valence-electron chi connectivity index (χ2n) is 4.66. The molecule has 0 atom stereocenters. The van der Waals surface area contributed by atoms with Crippen LogP contribution in [-0.2, 0) is 0 Å². The molecule has 1 aromatic rings. The molecule has 0 fully saturated rings. The molecule has 20 heavy (non-hydrogen) atoms. The van der Waals surface area contributed by atoms with Crippen molar-refractivity contribution >= 4 is 29.1 Å². The first-order valence-corrected chi connectivity index (χ1v) is 6.58. The summed E-state index contributed by atoms with van der Waals surface area (Å²) in [5.41, 5.74) is 3.41. The number of rotatable bonds is 4. The van der Waals surface area contributed by atoms with Gasteiger partial charge in [0, 0.05) is 13.1 Å². The summed E-state index contributed by atoms with van der Waals surface area (Å²) in [6.45, 7) is 1.42. The number of carbonyl (C=O) groups excluding carboxylic acids is 2. The molecule has 0 unspecified atom stereocenters. The fourth-order valence-electron chi connectivity index (χ4n) is 1.82. The summed E-state index contributed by atoms with van der Waals surface area (Å²) < 4.78 is 0. The van der Waals surface area contributed by atoms with Gasteiger partial charge in [-0.25, -0.2) is 0 Å². The van der Waals surface area contributed by atoms with E-state index in [1.165, 1.54) is 0 Å². The van der Waals surface area contributed by atoms with E-state index < -0.39 is 0 Å². The minimum absolute atomic E-state index is 0.251. The topological polar surface area (TPSA) is 64.7 Å². The number of nitrogens with one attached hydrogen (secondary N) is 2. The zero-order valence-electron chi connectivity index (χ0n) is 11.3. The van der Waals surface area contributed by atoms with Crippen molar-refractivity contribution in [2.45, 2.75) is 0 Å². The van der Waals surface area contributed by atoms with Gasteiger partial charge >= 0.3 is 0 Å². The molecule has 0 bridgehead atoms. The number of amides is 2. The minimum Gasteiger partial charge on any atom is -0.360 e. The third-order valence-corrected chi connectivity index (χ3v) is 3.09. The standard InChI is InChI=1S/C13H16N4O2S/c1-16(2)8-7-14-13(20)15-17-11(18)9-5-3-4-6-10(9)12(17)19/h3-6H,7-8H2,1-2H3,(H2,14,15,20). The van der Waals surface area contributed by atoms with E-state index in [0.29, 0.717) is 17.7 Å². The number of hydrogen-bond donors (Lipinski definition) is 2. The number of fused-ring (bicyclic) bond motifs is 1. The predicted octanol–water partition coefficient (Wildman–Crippen LogP) is 0.223. The Morgan fingerprint density at radius 1 is 1.20 bits per heavy atom. The predicted molar refractivity (Wildman–Crippen MR) is 79.2 cm³/mol. The minimum atomic E-state index is -0.387. The molecular formula is C13H16N4O2S. The molecule has 6 nitrogen and oxygen atoms in total. The molecule has 0 saturated carbocycles. The van der Waals surface area contributed by atoms with Crippen LogP contribution in [0.1, 0.15) is 20.7 Å². The van der Waals surface area contributed by atoms with Crippen molar-refractivity contribution in [1.29, 1.82) is 0 Å². The highest BCUT2D eigenvalue weighted by atomic mass is 32.1. The molecule has 2 amide bonds. The molecular weight excluding hydrogens is 276 g/mol. The molecule has 0 spiro atoms. The Kier molecular flexibility index (Phi) is 4.31. The molecule has 0 radical (unpaired) electrons. The van der Waals surface area contributed by atoms with Crippen LogP contribution >= 0.6 is 12.2 Å². The van der Waals surface area contributed by atoms with Crippen molar-refractivity contribution in [2.24, 2.45) is 0 Å². The largest absolute Gasteiger partial charge is 0.360 e. The van der Waals surface area contributed by atoms with Crippen LogP contribution in [0.5, 0.6) is 0 Å². The first-order valence-electron chi connectivity index (χ1n) is 6.17. The van der Waals surface area contributed by atoms with Gasteiger partial charge in [0.1, 0.15) is 0 Å². The van der Waals surface area contributed by atoms with Gasteiger partial charge in [0.25, 0.3) is 11.8 Å². The number of benzene rings is 1. The van der Waals surface area contributed by atoms with Gasteiger partial charge < -0.3 is 10.2 Å². The van der Waals surface area contributed by atoms with Crippen molar-refractivity contribution in [1.82, 2.24) is 20.7 Å². The van der Waals surface area contributed by atoms with Crippen molar-refractivity contribution in [3.8, 4) is 0 Å². The normalized spacial score (nSPS) is 13.7. The lowest BCUT2D eigenvalue weighted by Gasteiger charge is -2.18. The van der Waals surface area contributed by atoms with Crippen LogP contribution in [0, 0.1) is 0 Å². The highest BCUT2D eigenvalue weighted by Crippen LogP contribution is 2.20. The maximum Gasteiger partial charge on any atom is 0.280 e. The van der Waals surface area contributed by atoms with Crippen molar-refractivity contribution in [3.63, 3.8) is 0 Å². The smallest absolute Gasteiger partial charge is 0.280 e.